The lowest BCUT2D eigenvalue weighted by atomic mass is 9.99. The predicted molar refractivity (Wildman–Crippen MR) is 137 cm³/mol. The van der Waals surface area contributed by atoms with Crippen LogP contribution in [0.5, 0.6) is 0 Å². The first kappa shape index (κ1) is 25.0. The van der Waals surface area contributed by atoms with E-state index in [-0.39, 0.29) is 11.5 Å². The molecule has 0 radical (unpaired) electrons. The van der Waals surface area contributed by atoms with Crippen LogP contribution in [0, 0.1) is 11.3 Å². The van der Waals surface area contributed by atoms with Crippen LogP contribution in [0.2, 0.25) is 0 Å². The molecule has 3 aromatic rings. The number of anilines is 1. The molecule has 3 amide bonds. The van der Waals surface area contributed by atoms with Gasteiger partial charge in [-0.15, -0.1) is 0 Å². The number of hydrogen-bond donors (Lipinski definition) is 2. The third kappa shape index (κ3) is 5.22. The number of benzene rings is 2. The number of carbonyl (C=O) groups excluding carboxylic acids is 3. The number of aromatic nitrogens is 1. The monoisotopic (exact) mass is 515 g/mol. The van der Waals surface area contributed by atoms with Crippen LogP contribution >= 0.6 is 0 Å². The van der Waals surface area contributed by atoms with Crippen LogP contribution in [-0.2, 0) is 16.0 Å². The van der Waals surface area contributed by atoms with Crippen LogP contribution in [0.3, 0.4) is 0 Å². The van der Waals surface area contributed by atoms with Crippen LogP contribution in [0.25, 0.3) is 23.1 Å². The number of aryl methyl sites for hydroxylation is 1. The van der Waals surface area contributed by atoms with Crippen LogP contribution < -0.4 is 10.6 Å². The first-order valence-electron chi connectivity index (χ1n) is 12.1. The fraction of sp³-hybridized carbons (Fsp3) is 0.250. The molecule has 0 saturated carbocycles. The Kier molecular flexibility index (Phi) is 6.59. The molecule has 1 unspecified atom stereocenters. The summed E-state index contributed by atoms with van der Waals surface area (Å²) in [5.41, 5.74) is 4.54. The van der Waals surface area contributed by atoms with Crippen molar-refractivity contribution in [1.29, 1.82) is 5.26 Å². The number of nitrogens with one attached hydrogen (secondary N) is 2. The Morgan fingerprint density at radius 2 is 1.92 bits per heavy atom. The highest BCUT2D eigenvalue weighted by Gasteiger charge is 2.47. The molecule has 0 aliphatic carbocycles. The number of fused-ring (bicyclic) bond motifs is 2. The fourth-order valence-corrected chi connectivity index (χ4v) is 4.71. The van der Waals surface area contributed by atoms with Crippen molar-refractivity contribution < 1.29 is 23.2 Å². The Bertz CT molecular complexity index is 1530. The van der Waals surface area contributed by atoms with Crippen LogP contribution in [0.15, 0.2) is 48.7 Å². The molecule has 5 rings (SSSR count). The van der Waals surface area contributed by atoms with Gasteiger partial charge in [0.15, 0.2) is 0 Å². The van der Waals surface area contributed by atoms with E-state index >= 15 is 0 Å². The Balaban J connectivity index is 1.31. The molecule has 1 atom stereocenters. The zero-order valence-electron chi connectivity index (χ0n) is 20.2. The third-order valence-electron chi connectivity index (χ3n) is 6.64. The Hall–Kier alpha value is -4.65. The second-order valence-electron chi connectivity index (χ2n) is 9.34. The van der Waals surface area contributed by atoms with Gasteiger partial charge in [-0.25, -0.2) is 8.78 Å². The van der Waals surface area contributed by atoms with Gasteiger partial charge >= 0.3 is 0 Å². The van der Waals surface area contributed by atoms with Gasteiger partial charge in [0.2, 0.25) is 11.8 Å². The topological polar surface area (TPSA) is 115 Å². The highest BCUT2D eigenvalue weighted by atomic mass is 19.3. The second-order valence-corrected chi connectivity index (χ2v) is 9.34. The van der Waals surface area contributed by atoms with Crippen molar-refractivity contribution in [2.75, 3.05) is 18.4 Å². The lowest BCUT2D eigenvalue weighted by Crippen LogP contribution is -2.43. The zero-order chi connectivity index (χ0) is 26.9. The molecule has 192 valence electrons. The summed E-state index contributed by atoms with van der Waals surface area (Å²) in [5.74, 6) is -4.41. The van der Waals surface area contributed by atoms with Crippen molar-refractivity contribution in [3.8, 4) is 6.07 Å². The van der Waals surface area contributed by atoms with Gasteiger partial charge in [0, 0.05) is 30.1 Å². The highest BCUT2D eigenvalue weighted by molar-refractivity contribution is 6.07. The zero-order valence-corrected chi connectivity index (χ0v) is 20.2. The molecule has 2 aromatic carbocycles. The molecule has 38 heavy (non-hydrogen) atoms. The van der Waals surface area contributed by atoms with Crippen molar-refractivity contribution in [3.05, 3.63) is 70.9 Å². The van der Waals surface area contributed by atoms with Crippen molar-refractivity contribution >= 4 is 46.5 Å². The van der Waals surface area contributed by atoms with E-state index < -0.39 is 43.3 Å². The van der Waals surface area contributed by atoms with E-state index in [0.717, 1.165) is 27.3 Å². The first-order chi connectivity index (χ1) is 18.2. The molecular formula is C28H23F2N5O3. The van der Waals surface area contributed by atoms with E-state index in [4.69, 9.17) is 5.26 Å². The van der Waals surface area contributed by atoms with Crippen LogP contribution in [-0.4, -0.2) is 52.7 Å². The van der Waals surface area contributed by atoms with E-state index in [9.17, 15) is 23.2 Å². The van der Waals surface area contributed by atoms with Crippen LogP contribution in [0.4, 0.5) is 14.5 Å². The third-order valence-corrected chi connectivity index (χ3v) is 6.64. The largest absolute Gasteiger partial charge is 0.343 e. The fourth-order valence-electron chi connectivity index (χ4n) is 4.71. The van der Waals surface area contributed by atoms with Gasteiger partial charge in [-0.3, -0.25) is 19.4 Å². The number of hydrogen-bond acceptors (Lipinski definition) is 5. The van der Waals surface area contributed by atoms with Crippen LogP contribution in [0.1, 0.15) is 39.9 Å². The first-order valence-corrected chi connectivity index (χ1v) is 12.1. The maximum Gasteiger partial charge on any atom is 0.268 e. The standard InChI is InChI=1S/C28H23F2N5O3/c29-28(30)13-20(14-31)35(16-28)26(37)15-33-27(38)21-9-10-32-24-7-4-18(12-22(21)24)2-1-17-3-6-23-19(11-17)5-8-25(36)34-23/h1-4,6-7,9-12,20H,5,8,13,15-16H2,(H,33,38)(H,34,36). The summed E-state index contributed by atoms with van der Waals surface area (Å²) < 4.78 is 27.3. The van der Waals surface area contributed by atoms with Crippen molar-refractivity contribution in [1.82, 2.24) is 15.2 Å². The van der Waals surface area contributed by atoms with Gasteiger partial charge in [0.1, 0.15) is 6.04 Å². The minimum Gasteiger partial charge on any atom is -0.343 e. The van der Waals surface area contributed by atoms with E-state index in [2.05, 4.69) is 15.6 Å². The van der Waals surface area contributed by atoms with E-state index in [1.807, 2.05) is 36.4 Å². The van der Waals surface area contributed by atoms with E-state index in [1.165, 1.54) is 12.3 Å². The average molecular weight is 516 g/mol. The maximum absolute atomic E-state index is 13.7. The van der Waals surface area contributed by atoms with E-state index in [1.54, 1.807) is 18.2 Å². The number of alkyl halides is 2. The molecule has 3 heterocycles. The van der Waals surface area contributed by atoms with Gasteiger partial charge in [-0.1, -0.05) is 24.3 Å². The summed E-state index contributed by atoms with van der Waals surface area (Å²) in [4.78, 5) is 42.1. The summed E-state index contributed by atoms with van der Waals surface area (Å²) >= 11 is 0. The van der Waals surface area contributed by atoms with Gasteiger partial charge < -0.3 is 15.5 Å². The maximum atomic E-state index is 13.7. The molecule has 10 heteroatoms. The molecule has 2 aliphatic rings. The number of nitriles is 1. The summed E-state index contributed by atoms with van der Waals surface area (Å²) in [6.07, 6.45) is 5.74. The summed E-state index contributed by atoms with van der Waals surface area (Å²) in [7, 11) is 0. The normalized spacial score (nSPS) is 18.2. The lowest BCUT2D eigenvalue weighted by Gasteiger charge is -2.19. The van der Waals surface area contributed by atoms with Gasteiger partial charge in [-0.05, 0) is 53.4 Å². The smallest absolute Gasteiger partial charge is 0.268 e. The number of likely N-dealkylation sites (tertiary alicyclic amines) is 1. The molecule has 1 fully saturated rings. The molecule has 1 saturated heterocycles. The molecule has 2 N–H and O–H groups in total. The van der Waals surface area contributed by atoms with Crippen molar-refractivity contribution in [2.45, 2.75) is 31.2 Å². The Morgan fingerprint density at radius 1 is 1.16 bits per heavy atom. The molecule has 1 aromatic heterocycles. The van der Waals surface area contributed by atoms with Gasteiger partial charge in [-0.2, -0.15) is 5.26 Å². The lowest BCUT2D eigenvalue weighted by molar-refractivity contribution is -0.131. The number of rotatable bonds is 5. The molecule has 2 aliphatic heterocycles. The number of nitrogens with zero attached hydrogens (tertiary/aromatic N) is 3. The molecule has 8 nitrogen and oxygen atoms in total. The van der Waals surface area contributed by atoms with Crippen molar-refractivity contribution in [2.24, 2.45) is 0 Å². The minimum absolute atomic E-state index is 0.0127. The summed E-state index contributed by atoms with van der Waals surface area (Å²) in [6, 6.07) is 13.3. The number of halogens is 2. The molecular weight excluding hydrogens is 492 g/mol. The Morgan fingerprint density at radius 3 is 2.71 bits per heavy atom. The van der Waals surface area contributed by atoms with E-state index in [0.29, 0.717) is 23.7 Å². The predicted octanol–water partition coefficient (Wildman–Crippen LogP) is 3.78. The van der Waals surface area contributed by atoms with Crippen molar-refractivity contribution in [3.63, 3.8) is 0 Å². The van der Waals surface area contributed by atoms with Gasteiger partial charge in [0.25, 0.3) is 11.8 Å². The quantitative estimate of drug-likeness (QED) is 0.502. The molecule has 0 spiro atoms. The minimum atomic E-state index is -3.12. The average Bonchev–Trinajstić information content (AvgIpc) is 3.24. The second kappa shape index (κ2) is 10.0. The highest BCUT2D eigenvalue weighted by Crippen LogP contribution is 2.31. The number of amides is 3. The SMILES string of the molecule is N#CC1CC(F)(F)CN1C(=O)CNC(=O)c1ccnc2ccc(C=Cc3ccc4c(c3)CCC(=O)N4)cc12. The summed E-state index contributed by atoms with van der Waals surface area (Å²) in [5, 5.41) is 15.0. The number of pyridine rings is 1. The molecule has 0 bridgehead atoms. The number of carbonyl (C=O) groups is 3. The Labute approximate surface area is 217 Å². The summed E-state index contributed by atoms with van der Waals surface area (Å²) in [6.45, 7) is -1.35. The van der Waals surface area contributed by atoms with Gasteiger partial charge in [0.05, 0.1) is 30.2 Å².